The van der Waals surface area contributed by atoms with Gasteiger partial charge in [0.15, 0.2) is 5.16 Å². The van der Waals surface area contributed by atoms with Crippen LogP contribution in [0.4, 0.5) is 20.2 Å². The molecule has 11 heteroatoms. The summed E-state index contributed by atoms with van der Waals surface area (Å²) in [5.41, 5.74) is 0.362. The number of benzene rings is 2. The standard InChI is InChI=1S/C19H16ClF2N5O2S/c1-27-16(9-17(28)23-13-5-2-11(20)3-6-13)25-26-19(27)30-10-18(29)24-15-8-12(21)4-7-14(15)22/h2-8H,9-10H2,1H3,(H,23,28)(H,24,29). The van der Waals surface area contributed by atoms with Gasteiger partial charge in [0.1, 0.15) is 17.5 Å². The molecule has 2 aromatic carbocycles. The molecule has 3 aromatic rings. The summed E-state index contributed by atoms with van der Waals surface area (Å²) in [6, 6.07) is 9.48. The third kappa shape index (κ3) is 5.77. The van der Waals surface area contributed by atoms with Gasteiger partial charge in [-0.2, -0.15) is 0 Å². The average molecular weight is 452 g/mol. The topological polar surface area (TPSA) is 88.9 Å². The lowest BCUT2D eigenvalue weighted by Gasteiger charge is -2.07. The summed E-state index contributed by atoms with van der Waals surface area (Å²) in [4.78, 5) is 24.2. The summed E-state index contributed by atoms with van der Waals surface area (Å²) < 4.78 is 28.4. The molecule has 0 unspecified atom stereocenters. The number of hydrogen-bond acceptors (Lipinski definition) is 5. The van der Waals surface area contributed by atoms with Crippen molar-refractivity contribution in [2.75, 3.05) is 16.4 Å². The van der Waals surface area contributed by atoms with E-state index < -0.39 is 17.5 Å². The quantitative estimate of drug-likeness (QED) is 0.535. The molecule has 3 rings (SSSR count). The largest absolute Gasteiger partial charge is 0.326 e. The van der Waals surface area contributed by atoms with Crippen LogP contribution < -0.4 is 10.6 Å². The summed E-state index contributed by atoms with van der Waals surface area (Å²) in [6.07, 6.45) is -0.0205. The van der Waals surface area contributed by atoms with E-state index in [1.165, 1.54) is 0 Å². The van der Waals surface area contributed by atoms with Gasteiger partial charge in [-0.1, -0.05) is 23.4 Å². The van der Waals surface area contributed by atoms with Crippen LogP contribution in [-0.4, -0.2) is 32.3 Å². The van der Waals surface area contributed by atoms with Crippen molar-refractivity contribution in [3.63, 3.8) is 0 Å². The van der Waals surface area contributed by atoms with Crippen LogP contribution in [0.3, 0.4) is 0 Å². The minimum Gasteiger partial charge on any atom is -0.326 e. The van der Waals surface area contributed by atoms with E-state index in [4.69, 9.17) is 11.6 Å². The maximum atomic E-state index is 13.6. The van der Waals surface area contributed by atoms with Crippen LogP contribution >= 0.6 is 23.4 Å². The minimum atomic E-state index is -0.734. The zero-order valence-electron chi connectivity index (χ0n) is 15.7. The van der Waals surface area contributed by atoms with Gasteiger partial charge in [0.2, 0.25) is 11.8 Å². The Morgan fingerprint density at radius 2 is 1.80 bits per heavy atom. The van der Waals surface area contributed by atoms with Crippen molar-refractivity contribution >= 4 is 46.6 Å². The second kappa shape index (κ2) is 9.68. The molecule has 0 aliphatic rings. The molecule has 0 radical (unpaired) electrons. The fraction of sp³-hybridized carbons (Fsp3) is 0.158. The van der Waals surface area contributed by atoms with Crippen LogP contribution in [-0.2, 0) is 23.1 Å². The van der Waals surface area contributed by atoms with Gasteiger partial charge in [0.05, 0.1) is 17.9 Å². The predicted octanol–water partition coefficient (Wildman–Crippen LogP) is 3.66. The molecule has 7 nitrogen and oxygen atoms in total. The summed E-state index contributed by atoms with van der Waals surface area (Å²) in [5.74, 6) is -1.91. The number of carbonyl (C=O) groups excluding carboxylic acids is 2. The number of hydrogen-bond donors (Lipinski definition) is 2. The molecule has 2 N–H and O–H groups in total. The molecular weight excluding hydrogens is 436 g/mol. The van der Waals surface area contributed by atoms with Gasteiger partial charge in [0.25, 0.3) is 0 Å². The zero-order valence-corrected chi connectivity index (χ0v) is 17.2. The number of thioether (sulfide) groups is 1. The highest BCUT2D eigenvalue weighted by molar-refractivity contribution is 7.99. The third-order valence-electron chi connectivity index (χ3n) is 3.91. The summed E-state index contributed by atoms with van der Waals surface area (Å²) in [7, 11) is 1.66. The van der Waals surface area contributed by atoms with Crippen LogP contribution in [0.15, 0.2) is 47.6 Å². The molecule has 1 heterocycles. The molecule has 30 heavy (non-hydrogen) atoms. The predicted molar refractivity (Wildman–Crippen MR) is 111 cm³/mol. The van der Waals surface area contributed by atoms with Gasteiger partial charge < -0.3 is 15.2 Å². The molecule has 1 aromatic heterocycles. The Morgan fingerprint density at radius 3 is 2.53 bits per heavy atom. The summed E-state index contributed by atoms with van der Waals surface area (Å²) in [5, 5.41) is 13.9. The van der Waals surface area contributed by atoms with Gasteiger partial charge in [0, 0.05) is 23.8 Å². The SMILES string of the molecule is Cn1c(CC(=O)Nc2ccc(Cl)cc2)nnc1SCC(=O)Nc1cc(F)ccc1F. The monoisotopic (exact) mass is 451 g/mol. The fourth-order valence-electron chi connectivity index (χ4n) is 2.42. The Hall–Kier alpha value is -2.98. The van der Waals surface area contributed by atoms with Crippen molar-refractivity contribution in [3.8, 4) is 0 Å². The molecule has 0 spiro atoms. The molecule has 0 atom stereocenters. The Balaban J connectivity index is 1.54. The van der Waals surface area contributed by atoms with E-state index in [0.717, 1.165) is 30.0 Å². The maximum absolute atomic E-state index is 13.6. The van der Waals surface area contributed by atoms with E-state index in [2.05, 4.69) is 20.8 Å². The molecule has 0 fully saturated rings. The molecule has 0 bridgehead atoms. The first kappa shape index (κ1) is 21.7. The molecule has 0 aliphatic heterocycles. The van der Waals surface area contributed by atoms with E-state index >= 15 is 0 Å². The Morgan fingerprint density at radius 1 is 1.07 bits per heavy atom. The number of amides is 2. The number of carbonyl (C=O) groups is 2. The molecule has 0 aliphatic carbocycles. The maximum Gasteiger partial charge on any atom is 0.234 e. The van der Waals surface area contributed by atoms with Crippen molar-refractivity contribution < 1.29 is 18.4 Å². The number of aromatic nitrogens is 3. The lowest BCUT2D eigenvalue weighted by molar-refractivity contribution is -0.116. The first-order valence-corrected chi connectivity index (χ1v) is 9.99. The fourth-order valence-corrected chi connectivity index (χ4v) is 3.27. The van der Waals surface area contributed by atoms with Crippen LogP contribution in [0.2, 0.25) is 5.02 Å². The van der Waals surface area contributed by atoms with E-state index in [1.54, 1.807) is 35.9 Å². The van der Waals surface area contributed by atoms with Gasteiger partial charge >= 0.3 is 0 Å². The van der Waals surface area contributed by atoms with E-state index in [-0.39, 0.29) is 23.8 Å². The van der Waals surface area contributed by atoms with Crippen LogP contribution in [0.1, 0.15) is 5.82 Å². The number of nitrogens with zero attached hydrogens (tertiary/aromatic N) is 3. The lowest BCUT2D eigenvalue weighted by atomic mass is 10.3. The number of halogens is 3. The Bertz CT molecular complexity index is 1080. The minimum absolute atomic E-state index is 0.0205. The van der Waals surface area contributed by atoms with Gasteiger partial charge in [-0.25, -0.2) is 8.78 Å². The smallest absolute Gasteiger partial charge is 0.234 e. The van der Waals surface area contributed by atoms with Crippen molar-refractivity contribution in [1.29, 1.82) is 0 Å². The summed E-state index contributed by atoms with van der Waals surface area (Å²) in [6.45, 7) is 0. The highest BCUT2D eigenvalue weighted by Crippen LogP contribution is 2.19. The number of rotatable bonds is 7. The van der Waals surface area contributed by atoms with E-state index in [9.17, 15) is 18.4 Å². The number of nitrogens with one attached hydrogen (secondary N) is 2. The highest BCUT2D eigenvalue weighted by atomic mass is 35.5. The van der Waals surface area contributed by atoms with Crippen LogP contribution in [0.5, 0.6) is 0 Å². The van der Waals surface area contributed by atoms with Gasteiger partial charge in [-0.15, -0.1) is 10.2 Å². The first-order valence-electron chi connectivity index (χ1n) is 8.63. The van der Waals surface area contributed by atoms with Gasteiger partial charge in [-0.05, 0) is 36.4 Å². The van der Waals surface area contributed by atoms with Crippen LogP contribution in [0, 0.1) is 11.6 Å². The molecular formula is C19H16ClF2N5O2S. The number of anilines is 2. The van der Waals surface area contributed by atoms with Crippen molar-refractivity contribution in [3.05, 3.63) is 64.9 Å². The molecule has 2 amide bonds. The van der Waals surface area contributed by atoms with Gasteiger partial charge in [-0.3, -0.25) is 9.59 Å². The van der Waals surface area contributed by atoms with E-state index in [1.807, 2.05) is 0 Å². The Labute approximate surface area is 179 Å². The summed E-state index contributed by atoms with van der Waals surface area (Å²) >= 11 is 6.87. The zero-order chi connectivity index (χ0) is 21.7. The van der Waals surface area contributed by atoms with Crippen molar-refractivity contribution in [1.82, 2.24) is 14.8 Å². The average Bonchev–Trinajstić information content (AvgIpc) is 3.04. The first-order chi connectivity index (χ1) is 14.3. The van der Waals surface area contributed by atoms with E-state index in [0.29, 0.717) is 21.7 Å². The Kier molecular flexibility index (Phi) is 7.01. The van der Waals surface area contributed by atoms with Crippen LogP contribution in [0.25, 0.3) is 0 Å². The molecule has 156 valence electrons. The van der Waals surface area contributed by atoms with Crippen molar-refractivity contribution in [2.45, 2.75) is 11.6 Å². The lowest BCUT2D eigenvalue weighted by Crippen LogP contribution is -2.17. The normalized spacial score (nSPS) is 10.7. The molecule has 0 saturated carbocycles. The second-order valence-corrected chi connectivity index (χ2v) is 7.53. The highest BCUT2D eigenvalue weighted by Gasteiger charge is 2.15. The van der Waals surface area contributed by atoms with Crippen molar-refractivity contribution in [2.24, 2.45) is 7.05 Å². The third-order valence-corrected chi connectivity index (χ3v) is 5.18. The molecule has 0 saturated heterocycles. The second-order valence-electron chi connectivity index (χ2n) is 6.15.